The van der Waals surface area contributed by atoms with Crippen LogP contribution in [0, 0.1) is 5.82 Å². The van der Waals surface area contributed by atoms with E-state index in [0.29, 0.717) is 32.9 Å². The summed E-state index contributed by atoms with van der Waals surface area (Å²) in [5.74, 6) is -0.408. The number of hydrogen-bond acceptors (Lipinski definition) is 3. The van der Waals surface area contributed by atoms with Crippen LogP contribution in [0.2, 0.25) is 5.02 Å². The zero-order valence-electron chi connectivity index (χ0n) is 15.5. The maximum atomic E-state index is 13.5. The van der Waals surface area contributed by atoms with E-state index in [0.717, 1.165) is 0 Å². The molecule has 0 fully saturated rings. The molecule has 2 aromatic carbocycles. The second kappa shape index (κ2) is 7.69. The molecule has 4 aromatic rings. The normalized spacial score (nSPS) is 11.3. The summed E-state index contributed by atoms with van der Waals surface area (Å²) in [6, 6.07) is 13.9. The van der Waals surface area contributed by atoms with Gasteiger partial charge in [-0.1, -0.05) is 23.7 Å². The van der Waals surface area contributed by atoms with Crippen LogP contribution in [0.25, 0.3) is 27.8 Å². The predicted molar refractivity (Wildman–Crippen MR) is 110 cm³/mol. The third kappa shape index (κ3) is 3.39. The Labute approximate surface area is 169 Å². The van der Waals surface area contributed by atoms with Gasteiger partial charge in [0.1, 0.15) is 5.82 Å². The molecule has 0 amide bonds. The number of halogens is 2. The zero-order chi connectivity index (χ0) is 20.5. The first kappa shape index (κ1) is 19.2. The van der Waals surface area contributed by atoms with E-state index < -0.39 is 5.82 Å². The van der Waals surface area contributed by atoms with Gasteiger partial charge in [0.15, 0.2) is 0 Å². The molecule has 29 heavy (non-hydrogen) atoms. The molecule has 8 heteroatoms. The molecular weight excluding hydrogens is 397 g/mol. The molecule has 148 valence electrons. The van der Waals surface area contributed by atoms with E-state index in [1.165, 1.54) is 34.6 Å². The fraction of sp³-hybridized carbons (Fsp3) is 0.143. The number of aromatic amines is 1. The molecule has 0 aliphatic carbocycles. The van der Waals surface area contributed by atoms with Crippen LogP contribution >= 0.6 is 11.6 Å². The van der Waals surface area contributed by atoms with Gasteiger partial charge >= 0.3 is 0 Å². The Balaban J connectivity index is 2.08. The second-order valence-electron chi connectivity index (χ2n) is 6.47. The lowest BCUT2D eigenvalue weighted by Crippen LogP contribution is -2.24. The molecule has 0 unspecified atom stereocenters. The van der Waals surface area contributed by atoms with Crippen molar-refractivity contribution in [3.63, 3.8) is 0 Å². The van der Waals surface area contributed by atoms with Crippen molar-refractivity contribution in [3.8, 4) is 16.9 Å². The molecule has 0 spiro atoms. The quantitative estimate of drug-likeness (QED) is 0.543. The molecule has 1 N–H and O–H groups in total. The minimum Gasteiger partial charge on any atom is -0.383 e. The molecule has 0 radical (unpaired) electrons. The van der Waals surface area contributed by atoms with Gasteiger partial charge in [0.2, 0.25) is 0 Å². The van der Waals surface area contributed by atoms with Gasteiger partial charge in [0, 0.05) is 19.7 Å². The number of rotatable bonds is 5. The van der Waals surface area contributed by atoms with Crippen LogP contribution < -0.4 is 11.1 Å². The molecule has 2 aromatic heterocycles. The molecule has 0 saturated heterocycles. The van der Waals surface area contributed by atoms with E-state index in [1.807, 2.05) is 0 Å². The van der Waals surface area contributed by atoms with Crippen molar-refractivity contribution in [2.24, 2.45) is 0 Å². The molecule has 0 atom stereocenters. The van der Waals surface area contributed by atoms with Crippen LogP contribution in [0.1, 0.15) is 0 Å². The summed E-state index contributed by atoms with van der Waals surface area (Å²) in [5, 5.41) is 3.67. The smallest absolute Gasteiger partial charge is 0.281 e. The SMILES string of the molecule is COCCn1c(-c2ccc(F)cc2)c2c(=O)n(-c3ccccc3Cl)[nH]c2cc1=O. The molecule has 0 aliphatic heterocycles. The van der Waals surface area contributed by atoms with Gasteiger partial charge in [0.25, 0.3) is 11.1 Å². The van der Waals surface area contributed by atoms with Gasteiger partial charge in [-0.2, -0.15) is 0 Å². The monoisotopic (exact) mass is 413 g/mol. The summed E-state index contributed by atoms with van der Waals surface area (Å²) in [7, 11) is 1.53. The second-order valence-corrected chi connectivity index (χ2v) is 6.88. The summed E-state index contributed by atoms with van der Waals surface area (Å²) in [4.78, 5) is 26.1. The highest BCUT2D eigenvalue weighted by atomic mass is 35.5. The Morgan fingerprint density at radius 3 is 2.52 bits per heavy atom. The Kier molecular flexibility index (Phi) is 5.08. The largest absolute Gasteiger partial charge is 0.383 e. The molecule has 0 aliphatic rings. The Hall–Kier alpha value is -3.16. The number of fused-ring (bicyclic) bond motifs is 1. The molecule has 0 saturated carbocycles. The maximum Gasteiger partial charge on any atom is 0.281 e. The van der Waals surface area contributed by atoms with E-state index >= 15 is 0 Å². The summed E-state index contributed by atoms with van der Waals surface area (Å²) >= 11 is 6.26. The van der Waals surface area contributed by atoms with Crippen molar-refractivity contribution in [3.05, 3.63) is 86.1 Å². The van der Waals surface area contributed by atoms with E-state index in [9.17, 15) is 14.0 Å². The summed E-state index contributed by atoms with van der Waals surface area (Å²) in [6.07, 6.45) is 0. The molecule has 0 bridgehead atoms. The number of hydrogen-bond donors (Lipinski definition) is 1. The Morgan fingerprint density at radius 1 is 1.10 bits per heavy atom. The molecule has 4 rings (SSSR count). The van der Waals surface area contributed by atoms with Crippen molar-refractivity contribution >= 4 is 22.5 Å². The number of ether oxygens (including phenoxy) is 1. The highest BCUT2D eigenvalue weighted by molar-refractivity contribution is 6.32. The van der Waals surface area contributed by atoms with Crippen molar-refractivity contribution in [1.82, 2.24) is 14.3 Å². The topological polar surface area (TPSA) is 69.0 Å². The first-order valence-electron chi connectivity index (χ1n) is 8.89. The first-order valence-corrected chi connectivity index (χ1v) is 9.27. The molecule has 6 nitrogen and oxygen atoms in total. The minimum atomic E-state index is -0.408. The number of nitrogens with one attached hydrogen (secondary N) is 1. The summed E-state index contributed by atoms with van der Waals surface area (Å²) in [6.45, 7) is 0.525. The number of methoxy groups -OCH3 is 1. The number of benzene rings is 2. The van der Waals surface area contributed by atoms with Crippen molar-refractivity contribution in [1.29, 1.82) is 0 Å². The van der Waals surface area contributed by atoms with E-state index in [4.69, 9.17) is 16.3 Å². The lowest BCUT2D eigenvalue weighted by atomic mass is 10.1. The van der Waals surface area contributed by atoms with Crippen LogP contribution in [-0.2, 0) is 11.3 Å². The Morgan fingerprint density at radius 2 is 1.83 bits per heavy atom. The van der Waals surface area contributed by atoms with Crippen LogP contribution in [-0.4, -0.2) is 28.1 Å². The molecule has 2 heterocycles. The first-order chi connectivity index (χ1) is 14.0. The van der Waals surface area contributed by atoms with Crippen LogP contribution in [0.4, 0.5) is 4.39 Å². The third-order valence-electron chi connectivity index (χ3n) is 4.69. The maximum absolute atomic E-state index is 13.5. The lowest BCUT2D eigenvalue weighted by molar-refractivity contribution is 0.187. The molecular formula is C21H17ClFN3O3. The standard InChI is InChI=1S/C21H17ClFN3O3/c1-29-11-10-25-18(27)12-16-19(20(25)13-6-8-14(23)9-7-13)21(28)26(24-16)17-5-3-2-4-15(17)22/h2-9,12,24H,10-11H2,1H3. The van der Waals surface area contributed by atoms with E-state index in [-0.39, 0.29) is 24.3 Å². The average molecular weight is 414 g/mol. The highest BCUT2D eigenvalue weighted by Crippen LogP contribution is 2.26. The fourth-order valence-corrected chi connectivity index (χ4v) is 3.57. The fourth-order valence-electron chi connectivity index (χ4n) is 3.35. The average Bonchev–Trinajstić information content (AvgIpc) is 3.03. The summed E-state index contributed by atoms with van der Waals surface area (Å²) in [5.41, 5.74) is 1.12. The summed E-state index contributed by atoms with van der Waals surface area (Å²) < 4.78 is 21.4. The van der Waals surface area contributed by atoms with Gasteiger partial charge < -0.3 is 9.30 Å². The van der Waals surface area contributed by atoms with Crippen molar-refractivity contribution < 1.29 is 9.13 Å². The van der Waals surface area contributed by atoms with Crippen molar-refractivity contribution in [2.45, 2.75) is 6.54 Å². The number of H-pyrrole nitrogens is 1. The van der Waals surface area contributed by atoms with Crippen molar-refractivity contribution in [2.75, 3.05) is 13.7 Å². The number of nitrogens with zero attached hydrogens (tertiary/aromatic N) is 2. The number of para-hydroxylation sites is 1. The van der Waals surface area contributed by atoms with Gasteiger partial charge in [-0.25, -0.2) is 9.07 Å². The predicted octanol–water partition coefficient (Wildman–Crippen LogP) is 3.59. The highest BCUT2D eigenvalue weighted by Gasteiger charge is 2.20. The third-order valence-corrected chi connectivity index (χ3v) is 5.01. The van der Waals surface area contributed by atoms with Gasteiger partial charge in [0.05, 0.1) is 33.9 Å². The van der Waals surface area contributed by atoms with E-state index in [2.05, 4.69) is 5.10 Å². The zero-order valence-corrected chi connectivity index (χ0v) is 16.2. The van der Waals surface area contributed by atoms with Gasteiger partial charge in [-0.3, -0.25) is 14.7 Å². The van der Waals surface area contributed by atoms with Crippen LogP contribution in [0.3, 0.4) is 0 Å². The van der Waals surface area contributed by atoms with Gasteiger partial charge in [-0.15, -0.1) is 0 Å². The van der Waals surface area contributed by atoms with Crippen LogP contribution in [0.15, 0.2) is 64.2 Å². The van der Waals surface area contributed by atoms with Gasteiger partial charge in [-0.05, 0) is 42.0 Å². The van der Waals surface area contributed by atoms with E-state index in [1.54, 1.807) is 36.4 Å². The minimum absolute atomic E-state index is 0.245. The Bertz CT molecular complexity index is 1310. The lowest BCUT2D eigenvalue weighted by Gasteiger charge is -2.13. The van der Waals surface area contributed by atoms with Crippen LogP contribution in [0.5, 0.6) is 0 Å². The number of pyridine rings is 1. The number of aromatic nitrogens is 3.